The lowest BCUT2D eigenvalue weighted by atomic mass is 10.2. The minimum Gasteiger partial charge on any atom is -0.461 e. The number of fused-ring (bicyclic) bond motifs is 1. The summed E-state index contributed by atoms with van der Waals surface area (Å²) < 4.78 is 52.6. The molecule has 182 valence electrons. The van der Waals surface area contributed by atoms with Gasteiger partial charge < -0.3 is 14.8 Å². The molecule has 14 heteroatoms. The number of ether oxygens (including phenoxy) is 2. The minimum absolute atomic E-state index is 0.00846. The van der Waals surface area contributed by atoms with Gasteiger partial charge in [-0.2, -0.15) is 23.0 Å². The lowest BCUT2D eigenvalue weighted by molar-refractivity contribution is -0.137. The van der Waals surface area contributed by atoms with E-state index in [1.54, 1.807) is 13.0 Å². The molecule has 4 rings (SSSR count). The molecule has 0 aliphatic heterocycles. The Morgan fingerprint density at radius 3 is 2.71 bits per heavy atom. The summed E-state index contributed by atoms with van der Waals surface area (Å²) in [6.07, 6.45) is -0.938. The molecule has 1 N–H and O–H groups in total. The second kappa shape index (κ2) is 10.2. The molecule has 0 saturated heterocycles. The molecule has 35 heavy (non-hydrogen) atoms. The second-order valence-corrected chi connectivity index (χ2v) is 7.40. The summed E-state index contributed by atoms with van der Waals surface area (Å²) in [5, 5.41) is 7.16. The van der Waals surface area contributed by atoms with Crippen molar-refractivity contribution >= 4 is 34.4 Å². The van der Waals surface area contributed by atoms with E-state index in [9.17, 15) is 18.0 Å². The number of nitrogens with zero attached hydrogens (tertiary/aromatic N) is 6. The Hall–Kier alpha value is -3.84. The van der Waals surface area contributed by atoms with E-state index in [2.05, 4.69) is 30.4 Å². The quantitative estimate of drug-likeness (QED) is 0.384. The Balaban J connectivity index is 1.66. The number of halogens is 4. The van der Waals surface area contributed by atoms with Crippen LogP contribution in [0, 0.1) is 0 Å². The number of anilines is 1. The fourth-order valence-corrected chi connectivity index (χ4v) is 3.15. The normalized spacial score (nSPS) is 12.5. The van der Waals surface area contributed by atoms with E-state index < -0.39 is 29.6 Å². The molecule has 1 amide bonds. The van der Waals surface area contributed by atoms with Crippen LogP contribution in [0.4, 0.5) is 19.0 Å². The fourth-order valence-electron chi connectivity index (χ4n) is 3.04. The zero-order valence-electron chi connectivity index (χ0n) is 18.0. The highest BCUT2D eigenvalue weighted by Crippen LogP contribution is 2.34. The molecule has 4 heterocycles. The van der Waals surface area contributed by atoms with Crippen LogP contribution < -0.4 is 10.1 Å². The van der Waals surface area contributed by atoms with Gasteiger partial charge in [-0.1, -0.05) is 11.6 Å². The zero-order valence-corrected chi connectivity index (χ0v) is 18.8. The van der Waals surface area contributed by atoms with Crippen LogP contribution in [0.15, 0.2) is 49.2 Å². The predicted molar refractivity (Wildman–Crippen MR) is 118 cm³/mol. The van der Waals surface area contributed by atoms with Crippen molar-refractivity contribution in [3.05, 3.63) is 59.8 Å². The topological polar surface area (TPSA) is 117 Å². The van der Waals surface area contributed by atoms with Crippen molar-refractivity contribution in [3.8, 4) is 11.7 Å². The molecule has 0 spiro atoms. The minimum atomic E-state index is -4.66. The molecule has 10 nitrogen and oxygen atoms in total. The van der Waals surface area contributed by atoms with E-state index >= 15 is 0 Å². The van der Waals surface area contributed by atoms with Crippen LogP contribution >= 0.6 is 11.6 Å². The number of carbonyl (C=O) groups is 1. The standard InChI is InChI=1S/C21H17ClF3N7O3/c1-2-34-10-15(19(33)31-16-6-5-12(22)8-27-16)35-20-13-9-30-32(17(13)28-11-29-20)18-14(21(23,24)25)4-3-7-26-18/h3-9,11,15H,2,10H2,1H3,(H,27,31,33)/t15-/m0/s1. The van der Waals surface area contributed by atoms with Crippen LogP contribution in [0.1, 0.15) is 12.5 Å². The Morgan fingerprint density at radius 2 is 2.00 bits per heavy atom. The Bertz CT molecular complexity index is 1330. The van der Waals surface area contributed by atoms with Gasteiger partial charge in [0.25, 0.3) is 5.91 Å². The highest BCUT2D eigenvalue weighted by molar-refractivity contribution is 6.30. The monoisotopic (exact) mass is 507 g/mol. The molecule has 0 bridgehead atoms. The van der Waals surface area contributed by atoms with Gasteiger partial charge in [0, 0.05) is 19.0 Å². The number of carbonyl (C=O) groups excluding carboxylic acids is 1. The molecule has 0 aliphatic rings. The van der Waals surface area contributed by atoms with Gasteiger partial charge in [-0.3, -0.25) is 4.79 Å². The summed E-state index contributed by atoms with van der Waals surface area (Å²) in [4.78, 5) is 28.7. The lowest BCUT2D eigenvalue weighted by Crippen LogP contribution is -2.37. The summed E-state index contributed by atoms with van der Waals surface area (Å²) >= 11 is 5.81. The highest BCUT2D eigenvalue weighted by atomic mass is 35.5. The van der Waals surface area contributed by atoms with Gasteiger partial charge in [-0.05, 0) is 31.2 Å². The van der Waals surface area contributed by atoms with Gasteiger partial charge in [-0.15, -0.1) is 0 Å². The number of rotatable bonds is 8. The summed E-state index contributed by atoms with van der Waals surface area (Å²) in [6, 6.07) is 5.13. The summed E-state index contributed by atoms with van der Waals surface area (Å²) in [7, 11) is 0. The maximum Gasteiger partial charge on any atom is 0.420 e. The maximum absolute atomic E-state index is 13.5. The first-order valence-electron chi connectivity index (χ1n) is 10.2. The molecule has 0 radical (unpaired) electrons. The van der Waals surface area contributed by atoms with Gasteiger partial charge in [0.05, 0.1) is 17.8 Å². The molecule has 0 unspecified atom stereocenters. The molecule has 0 fully saturated rings. The van der Waals surface area contributed by atoms with Crippen LogP contribution in [0.3, 0.4) is 0 Å². The molecule has 0 aromatic carbocycles. The van der Waals surface area contributed by atoms with Crippen molar-refractivity contribution < 1.29 is 27.4 Å². The van der Waals surface area contributed by atoms with E-state index in [1.807, 2.05) is 0 Å². The third kappa shape index (κ3) is 5.46. The molecule has 1 atom stereocenters. The highest BCUT2D eigenvalue weighted by Gasteiger charge is 2.35. The van der Waals surface area contributed by atoms with Crippen molar-refractivity contribution in [1.82, 2.24) is 29.7 Å². The fraction of sp³-hybridized carbons (Fsp3) is 0.238. The lowest BCUT2D eigenvalue weighted by Gasteiger charge is -2.18. The summed E-state index contributed by atoms with van der Waals surface area (Å²) in [5.41, 5.74) is -0.982. The number of hydrogen-bond acceptors (Lipinski definition) is 8. The van der Waals surface area contributed by atoms with Gasteiger partial charge in [0.2, 0.25) is 12.0 Å². The van der Waals surface area contributed by atoms with Crippen LogP contribution in [0.25, 0.3) is 16.9 Å². The van der Waals surface area contributed by atoms with E-state index in [1.165, 1.54) is 30.7 Å². The van der Waals surface area contributed by atoms with Crippen LogP contribution in [0.2, 0.25) is 5.02 Å². The Labute approximate surface area is 201 Å². The first-order chi connectivity index (χ1) is 16.8. The second-order valence-electron chi connectivity index (χ2n) is 6.96. The van der Waals surface area contributed by atoms with Gasteiger partial charge in [-0.25, -0.2) is 19.9 Å². The van der Waals surface area contributed by atoms with Crippen molar-refractivity contribution in [2.45, 2.75) is 19.2 Å². The number of aromatic nitrogens is 6. The van der Waals surface area contributed by atoms with Crippen LogP contribution in [0.5, 0.6) is 5.88 Å². The van der Waals surface area contributed by atoms with Crippen molar-refractivity contribution in [3.63, 3.8) is 0 Å². The first kappa shape index (κ1) is 24.3. The SMILES string of the molecule is CCOC[C@H](Oc1ncnc2c1cnn2-c1ncccc1C(F)(F)F)C(=O)Nc1ccc(Cl)cn1. The maximum atomic E-state index is 13.5. The van der Waals surface area contributed by atoms with Crippen LogP contribution in [-0.4, -0.2) is 54.9 Å². The Kier molecular flexibility index (Phi) is 7.07. The molecular formula is C21H17ClF3N7O3. The average Bonchev–Trinajstić information content (AvgIpc) is 3.27. The molecular weight excluding hydrogens is 491 g/mol. The van der Waals surface area contributed by atoms with Gasteiger partial charge >= 0.3 is 6.18 Å². The van der Waals surface area contributed by atoms with E-state index in [-0.39, 0.29) is 29.3 Å². The molecule has 4 aromatic heterocycles. The zero-order chi connectivity index (χ0) is 25.0. The summed E-state index contributed by atoms with van der Waals surface area (Å²) in [5.74, 6) is -0.886. The van der Waals surface area contributed by atoms with E-state index in [4.69, 9.17) is 21.1 Å². The molecule has 4 aromatic rings. The third-order valence-electron chi connectivity index (χ3n) is 4.62. The smallest absolute Gasteiger partial charge is 0.420 e. The third-order valence-corrected chi connectivity index (χ3v) is 4.84. The summed E-state index contributed by atoms with van der Waals surface area (Å²) in [6.45, 7) is 1.92. The first-order valence-corrected chi connectivity index (χ1v) is 10.5. The van der Waals surface area contributed by atoms with E-state index in [0.717, 1.165) is 17.1 Å². The number of alkyl halides is 3. The van der Waals surface area contributed by atoms with Gasteiger partial charge in [0.15, 0.2) is 11.5 Å². The number of hydrogen-bond donors (Lipinski definition) is 1. The van der Waals surface area contributed by atoms with Crippen molar-refractivity contribution in [2.75, 3.05) is 18.5 Å². The largest absolute Gasteiger partial charge is 0.461 e. The predicted octanol–water partition coefficient (Wildman–Crippen LogP) is 3.70. The number of pyridine rings is 2. The molecule has 0 saturated carbocycles. The number of nitrogens with one attached hydrogen (secondary N) is 1. The molecule has 0 aliphatic carbocycles. The van der Waals surface area contributed by atoms with E-state index in [0.29, 0.717) is 11.6 Å². The van der Waals surface area contributed by atoms with Crippen molar-refractivity contribution in [2.24, 2.45) is 0 Å². The average molecular weight is 508 g/mol. The van der Waals surface area contributed by atoms with Gasteiger partial charge in [0.1, 0.15) is 23.1 Å². The van der Waals surface area contributed by atoms with Crippen molar-refractivity contribution in [1.29, 1.82) is 0 Å². The Morgan fingerprint density at radius 1 is 1.17 bits per heavy atom. The number of amides is 1. The van der Waals surface area contributed by atoms with Crippen LogP contribution in [-0.2, 0) is 15.7 Å².